The van der Waals surface area contributed by atoms with Gasteiger partial charge in [-0.25, -0.2) is 4.39 Å². The number of hydrogen-bond donors (Lipinski definition) is 1. The van der Waals surface area contributed by atoms with Crippen molar-refractivity contribution in [1.29, 1.82) is 0 Å². The molecular weight excluding hydrogens is 215 g/mol. The molecule has 2 nitrogen and oxygen atoms in total. The molecule has 0 bridgehead atoms. The maximum atomic E-state index is 13.2. The average Bonchev–Trinajstić information content (AvgIpc) is 2.28. The molecule has 2 rings (SSSR count). The third-order valence-electron chi connectivity index (χ3n) is 2.78. The van der Waals surface area contributed by atoms with Crippen molar-refractivity contribution in [1.82, 2.24) is 0 Å². The van der Waals surface area contributed by atoms with Crippen molar-refractivity contribution in [3.8, 4) is 0 Å². The number of anilines is 3. The van der Waals surface area contributed by atoms with Crippen LogP contribution in [0.15, 0.2) is 42.5 Å². The van der Waals surface area contributed by atoms with Gasteiger partial charge in [0.1, 0.15) is 5.82 Å². The van der Waals surface area contributed by atoms with Gasteiger partial charge in [-0.15, -0.1) is 0 Å². The first kappa shape index (κ1) is 11.5. The second kappa shape index (κ2) is 4.45. The molecule has 0 radical (unpaired) electrons. The Balaban J connectivity index is 2.40. The molecule has 0 atom stereocenters. The fourth-order valence-corrected chi connectivity index (χ4v) is 1.88. The lowest BCUT2D eigenvalue weighted by atomic mass is 10.1. The van der Waals surface area contributed by atoms with Crippen LogP contribution in [0.25, 0.3) is 0 Å². The molecule has 0 fully saturated rings. The van der Waals surface area contributed by atoms with Crippen LogP contribution in [-0.4, -0.2) is 7.05 Å². The van der Waals surface area contributed by atoms with Crippen molar-refractivity contribution in [2.75, 3.05) is 17.7 Å². The smallest absolute Gasteiger partial charge is 0.125 e. The molecule has 2 aromatic carbocycles. The molecule has 0 aliphatic carbocycles. The normalized spacial score (nSPS) is 10.3. The van der Waals surface area contributed by atoms with Crippen molar-refractivity contribution < 1.29 is 4.39 Å². The molecule has 0 aliphatic rings. The Morgan fingerprint density at radius 3 is 2.53 bits per heavy atom. The van der Waals surface area contributed by atoms with Crippen LogP contribution < -0.4 is 10.6 Å². The molecule has 0 saturated carbocycles. The zero-order valence-corrected chi connectivity index (χ0v) is 9.94. The van der Waals surface area contributed by atoms with Gasteiger partial charge in [-0.1, -0.05) is 6.07 Å². The predicted molar refractivity (Wildman–Crippen MR) is 70.1 cm³/mol. The highest BCUT2D eigenvalue weighted by molar-refractivity contribution is 5.67. The number of hydrogen-bond acceptors (Lipinski definition) is 2. The molecule has 0 amide bonds. The minimum atomic E-state index is -0.234. The summed E-state index contributed by atoms with van der Waals surface area (Å²) < 4.78 is 13.2. The van der Waals surface area contributed by atoms with E-state index in [9.17, 15) is 4.39 Å². The van der Waals surface area contributed by atoms with Crippen molar-refractivity contribution in [3.63, 3.8) is 0 Å². The van der Waals surface area contributed by atoms with Gasteiger partial charge in [0.2, 0.25) is 0 Å². The summed E-state index contributed by atoms with van der Waals surface area (Å²) in [6, 6.07) is 12.2. The van der Waals surface area contributed by atoms with E-state index in [-0.39, 0.29) is 5.82 Å². The van der Waals surface area contributed by atoms with Crippen LogP contribution in [0, 0.1) is 12.7 Å². The van der Waals surface area contributed by atoms with E-state index >= 15 is 0 Å². The van der Waals surface area contributed by atoms with E-state index in [0.717, 1.165) is 22.6 Å². The molecule has 2 aromatic rings. The first-order valence-electron chi connectivity index (χ1n) is 5.43. The lowest BCUT2D eigenvalue weighted by Crippen LogP contribution is -2.11. The maximum absolute atomic E-state index is 13.2. The summed E-state index contributed by atoms with van der Waals surface area (Å²) in [7, 11) is 1.91. The van der Waals surface area contributed by atoms with Crippen LogP contribution in [0.4, 0.5) is 21.5 Å². The van der Waals surface area contributed by atoms with Gasteiger partial charge < -0.3 is 10.6 Å². The number of halogens is 1. The highest BCUT2D eigenvalue weighted by Crippen LogP contribution is 2.28. The number of benzene rings is 2. The van der Waals surface area contributed by atoms with E-state index in [1.54, 1.807) is 6.07 Å². The molecule has 0 heterocycles. The summed E-state index contributed by atoms with van der Waals surface area (Å²) in [5, 5.41) is 0. The van der Waals surface area contributed by atoms with Crippen molar-refractivity contribution in [2.45, 2.75) is 6.92 Å². The Morgan fingerprint density at radius 2 is 1.88 bits per heavy atom. The second-order valence-corrected chi connectivity index (χ2v) is 4.08. The Morgan fingerprint density at radius 1 is 1.12 bits per heavy atom. The zero-order chi connectivity index (χ0) is 12.4. The second-order valence-electron chi connectivity index (χ2n) is 4.08. The highest BCUT2D eigenvalue weighted by atomic mass is 19.1. The standard InChI is InChI=1S/C14H15FN2/c1-10-8-12(16)6-7-14(10)17(2)13-5-3-4-11(15)9-13/h3-9H,16H2,1-2H3. The third kappa shape index (κ3) is 2.38. The summed E-state index contributed by atoms with van der Waals surface area (Å²) in [6.07, 6.45) is 0. The average molecular weight is 230 g/mol. The summed E-state index contributed by atoms with van der Waals surface area (Å²) in [5.74, 6) is -0.234. The van der Waals surface area contributed by atoms with Crippen LogP contribution in [0.5, 0.6) is 0 Å². The van der Waals surface area contributed by atoms with Gasteiger partial charge in [0.15, 0.2) is 0 Å². The minimum Gasteiger partial charge on any atom is -0.399 e. The maximum Gasteiger partial charge on any atom is 0.125 e. The van der Waals surface area contributed by atoms with Gasteiger partial charge in [0, 0.05) is 24.1 Å². The van der Waals surface area contributed by atoms with Crippen LogP contribution in [0.3, 0.4) is 0 Å². The molecule has 88 valence electrons. The SMILES string of the molecule is Cc1cc(N)ccc1N(C)c1cccc(F)c1. The molecule has 0 spiro atoms. The summed E-state index contributed by atoms with van der Waals surface area (Å²) in [4.78, 5) is 1.94. The number of nitrogens with zero attached hydrogens (tertiary/aromatic N) is 1. The van der Waals surface area contributed by atoms with E-state index in [4.69, 9.17) is 5.73 Å². The van der Waals surface area contributed by atoms with Crippen molar-refractivity contribution in [2.24, 2.45) is 0 Å². The first-order valence-corrected chi connectivity index (χ1v) is 5.43. The van der Waals surface area contributed by atoms with Gasteiger partial charge in [0.25, 0.3) is 0 Å². The van der Waals surface area contributed by atoms with E-state index < -0.39 is 0 Å². The quantitative estimate of drug-likeness (QED) is 0.800. The third-order valence-corrected chi connectivity index (χ3v) is 2.78. The Labute approximate surface area is 100 Å². The molecule has 2 N–H and O–H groups in total. The lowest BCUT2D eigenvalue weighted by Gasteiger charge is -2.21. The van der Waals surface area contributed by atoms with Crippen LogP contribution in [0.1, 0.15) is 5.56 Å². The van der Waals surface area contributed by atoms with Crippen LogP contribution >= 0.6 is 0 Å². The molecule has 0 unspecified atom stereocenters. The number of nitrogens with two attached hydrogens (primary N) is 1. The van der Waals surface area contributed by atoms with Gasteiger partial charge in [0.05, 0.1) is 0 Å². The van der Waals surface area contributed by atoms with Gasteiger partial charge in [-0.3, -0.25) is 0 Å². The Bertz CT molecular complexity index is 537. The van der Waals surface area contributed by atoms with Crippen LogP contribution in [0.2, 0.25) is 0 Å². The first-order chi connectivity index (χ1) is 8.08. The topological polar surface area (TPSA) is 29.3 Å². The van der Waals surface area contributed by atoms with E-state index in [1.807, 2.05) is 43.1 Å². The molecule has 0 aromatic heterocycles. The molecule has 0 aliphatic heterocycles. The zero-order valence-electron chi connectivity index (χ0n) is 9.94. The molecular formula is C14H15FN2. The fraction of sp³-hybridized carbons (Fsp3) is 0.143. The summed E-state index contributed by atoms with van der Waals surface area (Å²) >= 11 is 0. The largest absolute Gasteiger partial charge is 0.399 e. The molecule has 0 saturated heterocycles. The van der Waals surface area contributed by atoms with Crippen molar-refractivity contribution in [3.05, 3.63) is 53.8 Å². The number of rotatable bonds is 2. The molecule has 3 heteroatoms. The van der Waals surface area contributed by atoms with E-state index in [0.29, 0.717) is 0 Å². The number of nitrogen functional groups attached to an aromatic ring is 1. The lowest BCUT2D eigenvalue weighted by molar-refractivity contribution is 0.628. The van der Waals surface area contributed by atoms with Gasteiger partial charge in [-0.2, -0.15) is 0 Å². The summed E-state index contributed by atoms with van der Waals surface area (Å²) in [6.45, 7) is 1.99. The van der Waals surface area contributed by atoms with Gasteiger partial charge >= 0.3 is 0 Å². The Hall–Kier alpha value is -2.03. The van der Waals surface area contributed by atoms with E-state index in [1.165, 1.54) is 12.1 Å². The molecule has 17 heavy (non-hydrogen) atoms. The van der Waals surface area contributed by atoms with Gasteiger partial charge in [-0.05, 0) is 48.9 Å². The predicted octanol–water partition coefficient (Wildman–Crippen LogP) is 3.48. The number of aryl methyl sites for hydroxylation is 1. The minimum absolute atomic E-state index is 0.234. The summed E-state index contributed by atoms with van der Waals surface area (Å²) in [5.41, 5.74) is 9.35. The monoisotopic (exact) mass is 230 g/mol. The van der Waals surface area contributed by atoms with Crippen molar-refractivity contribution >= 4 is 17.1 Å². The Kier molecular flexibility index (Phi) is 3.00. The highest BCUT2D eigenvalue weighted by Gasteiger charge is 2.07. The van der Waals surface area contributed by atoms with Crippen LogP contribution in [-0.2, 0) is 0 Å². The fourth-order valence-electron chi connectivity index (χ4n) is 1.88. The van der Waals surface area contributed by atoms with E-state index in [2.05, 4.69) is 0 Å².